The molecule has 1 atom stereocenters. The van der Waals surface area contributed by atoms with Crippen LogP contribution in [0.15, 0.2) is 40.9 Å². The van der Waals surface area contributed by atoms with Gasteiger partial charge in [0.15, 0.2) is 5.75 Å². The summed E-state index contributed by atoms with van der Waals surface area (Å²) in [6.45, 7) is 1.78. The summed E-state index contributed by atoms with van der Waals surface area (Å²) in [5.41, 5.74) is 5.87. The van der Waals surface area contributed by atoms with Gasteiger partial charge in [0, 0.05) is 22.3 Å². The van der Waals surface area contributed by atoms with E-state index in [9.17, 15) is 20.0 Å². The van der Waals surface area contributed by atoms with Gasteiger partial charge < -0.3 is 16.2 Å². The molecule has 0 saturated heterocycles. The number of nitrogens with one attached hydrogen (secondary N) is 1. The Hall–Kier alpha value is -2.61. The zero-order valence-corrected chi connectivity index (χ0v) is 13.7. The van der Waals surface area contributed by atoms with E-state index in [-0.39, 0.29) is 17.3 Å². The van der Waals surface area contributed by atoms with Gasteiger partial charge >= 0.3 is 5.69 Å². The number of nitro groups is 1. The number of hydrogen-bond acceptors (Lipinski definition) is 5. The quantitative estimate of drug-likeness (QED) is 0.428. The van der Waals surface area contributed by atoms with Gasteiger partial charge in [-0.2, -0.15) is 0 Å². The summed E-state index contributed by atoms with van der Waals surface area (Å²) >= 11 is 3.40. The summed E-state index contributed by atoms with van der Waals surface area (Å²) in [6.07, 6.45) is 0. The van der Waals surface area contributed by atoms with Crippen molar-refractivity contribution in [3.63, 3.8) is 0 Å². The molecule has 0 bridgehead atoms. The minimum atomic E-state index is -0.775. The highest BCUT2D eigenvalue weighted by Gasteiger charge is 2.22. The molecular formula is C15H14BrN3O4. The van der Waals surface area contributed by atoms with Gasteiger partial charge in [0.2, 0.25) is 0 Å². The van der Waals surface area contributed by atoms with Crippen LogP contribution in [-0.2, 0) is 0 Å². The Kier molecular flexibility index (Phi) is 4.85. The first-order chi connectivity index (χ1) is 10.8. The lowest BCUT2D eigenvalue weighted by Gasteiger charge is -2.16. The number of halogens is 1. The molecule has 0 aliphatic heterocycles. The largest absolute Gasteiger partial charge is 0.502 e. The maximum atomic E-state index is 12.3. The first kappa shape index (κ1) is 16.8. The summed E-state index contributed by atoms with van der Waals surface area (Å²) in [6, 6.07) is 9.00. The number of anilines is 1. The molecule has 23 heavy (non-hydrogen) atoms. The highest BCUT2D eigenvalue weighted by atomic mass is 79.9. The number of nitrogens with two attached hydrogens (primary N) is 1. The smallest absolute Gasteiger partial charge is 0.311 e. The molecule has 7 nitrogen and oxygen atoms in total. The van der Waals surface area contributed by atoms with Crippen molar-refractivity contribution in [2.75, 3.05) is 5.73 Å². The molecule has 0 fully saturated rings. The number of nitro benzene ring substituents is 1. The number of phenolic OH excluding ortho intramolecular Hbond substituents is 1. The van der Waals surface area contributed by atoms with Crippen LogP contribution in [0, 0.1) is 10.1 Å². The van der Waals surface area contributed by atoms with Crippen molar-refractivity contribution < 1.29 is 14.8 Å². The lowest BCUT2D eigenvalue weighted by molar-refractivity contribution is -0.385. The molecule has 0 saturated carbocycles. The predicted octanol–water partition coefficient (Wildman–Crippen LogP) is 3.14. The van der Waals surface area contributed by atoms with Gasteiger partial charge in [0.05, 0.1) is 16.5 Å². The average Bonchev–Trinajstić information content (AvgIpc) is 2.46. The number of hydrogen-bond donors (Lipinski definition) is 3. The second kappa shape index (κ2) is 6.66. The Bertz CT molecular complexity index is 779. The Morgan fingerprint density at radius 3 is 2.65 bits per heavy atom. The Labute approximate surface area is 140 Å². The summed E-state index contributed by atoms with van der Waals surface area (Å²) in [4.78, 5) is 22.4. The van der Waals surface area contributed by atoms with Crippen molar-refractivity contribution in [2.45, 2.75) is 13.0 Å². The summed E-state index contributed by atoms with van der Waals surface area (Å²) in [5, 5.41) is 23.1. The van der Waals surface area contributed by atoms with Crippen molar-refractivity contribution in [1.82, 2.24) is 5.32 Å². The van der Waals surface area contributed by atoms with Crippen molar-refractivity contribution in [3.8, 4) is 5.75 Å². The van der Waals surface area contributed by atoms with E-state index >= 15 is 0 Å². The molecule has 0 heterocycles. The molecule has 1 unspecified atom stereocenters. The second-order valence-electron chi connectivity index (χ2n) is 4.90. The van der Waals surface area contributed by atoms with Crippen molar-refractivity contribution >= 4 is 33.2 Å². The lowest BCUT2D eigenvalue weighted by Crippen LogP contribution is -2.27. The normalized spacial score (nSPS) is 11.7. The van der Waals surface area contributed by atoms with Crippen molar-refractivity contribution in [2.24, 2.45) is 0 Å². The van der Waals surface area contributed by atoms with Crippen LogP contribution < -0.4 is 11.1 Å². The maximum Gasteiger partial charge on any atom is 0.311 e. The third kappa shape index (κ3) is 3.59. The number of aromatic hydroxyl groups is 1. The van der Waals surface area contributed by atoms with E-state index in [0.29, 0.717) is 0 Å². The number of carbonyl (C=O) groups is 1. The lowest BCUT2D eigenvalue weighted by atomic mass is 10.1. The Balaban J connectivity index is 2.29. The van der Waals surface area contributed by atoms with E-state index in [4.69, 9.17) is 5.73 Å². The van der Waals surface area contributed by atoms with Crippen LogP contribution in [0.2, 0.25) is 0 Å². The van der Waals surface area contributed by atoms with Gasteiger partial charge in [-0.25, -0.2) is 0 Å². The molecule has 0 spiro atoms. The van der Waals surface area contributed by atoms with Crippen LogP contribution >= 0.6 is 15.9 Å². The zero-order chi connectivity index (χ0) is 17.1. The summed E-state index contributed by atoms with van der Waals surface area (Å²) < 4.78 is 0.831. The van der Waals surface area contributed by atoms with E-state index in [2.05, 4.69) is 21.2 Å². The first-order valence-electron chi connectivity index (χ1n) is 6.63. The highest BCUT2D eigenvalue weighted by molar-refractivity contribution is 9.10. The van der Waals surface area contributed by atoms with Crippen molar-refractivity contribution in [3.05, 3.63) is 62.1 Å². The molecule has 2 aromatic rings. The molecule has 120 valence electrons. The average molecular weight is 380 g/mol. The van der Waals surface area contributed by atoms with Gasteiger partial charge in [-0.3, -0.25) is 14.9 Å². The fourth-order valence-corrected chi connectivity index (χ4v) is 2.74. The monoisotopic (exact) mass is 379 g/mol. The number of nitrogen functional groups attached to an aromatic ring is 1. The molecule has 1 amide bonds. The number of carbonyl (C=O) groups excluding carboxylic acids is 1. The first-order valence-corrected chi connectivity index (χ1v) is 7.42. The van der Waals surface area contributed by atoms with E-state index in [1.807, 2.05) is 24.3 Å². The fourth-order valence-electron chi connectivity index (χ4n) is 2.11. The number of rotatable bonds is 4. The molecule has 0 radical (unpaired) electrons. The van der Waals surface area contributed by atoms with E-state index < -0.39 is 22.3 Å². The minimum absolute atomic E-state index is 0.0371. The standard InChI is InChI=1S/C15H14BrN3O4/c1-8(9-4-2-3-5-11(9)16)18-15(21)10-6-13(19(22)23)14(20)7-12(10)17/h2-8,20H,17H2,1H3,(H,18,21). The number of amides is 1. The van der Waals surface area contributed by atoms with Crippen LogP contribution in [0.5, 0.6) is 5.75 Å². The van der Waals surface area contributed by atoms with Gasteiger partial charge in [-0.05, 0) is 18.6 Å². The molecular weight excluding hydrogens is 366 g/mol. The molecule has 8 heteroatoms. The molecule has 0 aliphatic carbocycles. The molecule has 0 aliphatic rings. The predicted molar refractivity (Wildman–Crippen MR) is 89.2 cm³/mol. The number of phenols is 1. The molecule has 2 rings (SSSR count). The number of benzene rings is 2. The minimum Gasteiger partial charge on any atom is -0.502 e. The SMILES string of the molecule is CC(NC(=O)c1cc([N+](=O)[O-])c(O)cc1N)c1ccccc1Br. The van der Waals surface area contributed by atoms with E-state index in [0.717, 1.165) is 22.2 Å². The van der Waals surface area contributed by atoms with E-state index in [1.54, 1.807) is 6.92 Å². The van der Waals surface area contributed by atoms with Gasteiger partial charge in [0.25, 0.3) is 5.91 Å². The maximum absolute atomic E-state index is 12.3. The number of nitrogens with zero attached hydrogens (tertiary/aromatic N) is 1. The highest BCUT2D eigenvalue weighted by Crippen LogP contribution is 2.31. The van der Waals surface area contributed by atoms with E-state index in [1.165, 1.54) is 0 Å². The van der Waals surface area contributed by atoms with Gasteiger partial charge in [-0.15, -0.1) is 0 Å². The van der Waals surface area contributed by atoms with Gasteiger partial charge in [-0.1, -0.05) is 34.1 Å². The Morgan fingerprint density at radius 2 is 2.04 bits per heavy atom. The van der Waals surface area contributed by atoms with Crippen LogP contribution in [0.3, 0.4) is 0 Å². The van der Waals surface area contributed by atoms with Crippen molar-refractivity contribution in [1.29, 1.82) is 0 Å². The van der Waals surface area contributed by atoms with Crippen LogP contribution in [-0.4, -0.2) is 15.9 Å². The zero-order valence-electron chi connectivity index (χ0n) is 12.1. The summed E-state index contributed by atoms with van der Waals surface area (Å²) in [7, 11) is 0. The third-order valence-electron chi connectivity index (χ3n) is 3.31. The summed E-state index contributed by atoms with van der Waals surface area (Å²) in [5.74, 6) is -1.14. The second-order valence-corrected chi connectivity index (χ2v) is 5.76. The molecule has 2 aromatic carbocycles. The Morgan fingerprint density at radius 1 is 1.39 bits per heavy atom. The van der Waals surface area contributed by atoms with Crippen LogP contribution in [0.25, 0.3) is 0 Å². The third-order valence-corrected chi connectivity index (χ3v) is 4.03. The van der Waals surface area contributed by atoms with Gasteiger partial charge in [0.1, 0.15) is 0 Å². The molecule has 0 aromatic heterocycles. The molecule has 4 N–H and O–H groups in total. The fraction of sp³-hybridized carbons (Fsp3) is 0.133. The van der Waals surface area contributed by atoms with Crippen LogP contribution in [0.1, 0.15) is 28.9 Å². The van der Waals surface area contributed by atoms with Crippen LogP contribution in [0.4, 0.5) is 11.4 Å². The topological polar surface area (TPSA) is 118 Å².